The number of nitrogens with two attached hydrogens (primary N) is 1. The van der Waals surface area contributed by atoms with Crippen LogP contribution in [0.4, 0.5) is 9.18 Å². The number of likely N-dealkylation sites (tertiary alicyclic amines) is 1. The van der Waals surface area contributed by atoms with Crippen molar-refractivity contribution in [3.63, 3.8) is 0 Å². The van der Waals surface area contributed by atoms with Gasteiger partial charge >= 0.3 is 6.09 Å². The quantitative estimate of drug-likeness (QED) is 0.523. The molecule has 2 rings (SSSR count). The molecule has 0 aliphatic carbocycles. The number of carbonyl (C=O) groups is 1. The summed E-state index contributed by atoms with van der Waals surface area (Å²) in [4.78, 5) is 13.3. The highest BCUT2D eigenvalue weighted by atomic mass is 19.1. The lowest BCUT2D eigenvalue weighted by Gasteiger charge is -2.31. The van der Waals surface area contributed by atoms with Gasteiger partial charge in [-0.1, -0.05) is 35.6 Å². The molecular weight excluding hydrogens is 263 g/mol. The van der Waals surface area contributed by atoms with Crippen molar-refractivity contribution in [2.45, 2.75) is 25.2 Å². The second kappa shape index (κ2) is 6.83. The van der Waals surface area contributed by atoms with E-state index in [2.05, 4.69) is 10.3 Å². The van der Waals surface area contributed by atoms with Crippen molar-refractivity contribution in [1.82, 2.24) is 4.90 Å². The van der Waals surface area contributed by atoms with E-state index in [1.165, 1.54) is 4.90 Å². The molecule has 2 atom stereocenters. The van der Waals surface area contributed by atoms with Crippen LogP contribution in [0.2, 0.25) is 0 Å². The Bertz CT molecular complexity index is 469. The molecule has 0 saturated carbocycles. The largest absolute Gasteiger partial charge is 0.445 e. The van der Waals surface area contributed by atoms with Gasteiger partial charge < -0.3 is 15.5 Å². The summed E-state index contributed by atoms with van der Waals surface area (Å²) >= 11 is 0. The fraction of sp³-hybridized carbons (Fsp3) is 0.462. The summed E-state index contributed by atoms with van der Waals surface area (Å²) in [5.74, 6) is 4.93. The van der Waals surface area contributed by atoms with Crippen LogP contribution in [0.15, 0.2) is 40.7 Å². The SMILES string of the molecule is NN=N[C@H]1CN(C(=O)OCc2ccccc2)CC[C@H]1F. The number of carbonyl (C=O) groups excluding carboxylic acids is 1. The van der Waals surface area contributed by atoms with Crippen molar-refractivity contribution in [3.05, 3.63) is 35.9 Å². The minimum Gasteiger partial charge on any atom is -0.445 e. The lowest BCUT2D eigenvalue weighted by Crippen LogP contribution is -2.47. The Kier molecular flexibility index (Phi) is 4.86. The molecule has 1 amide bonds. The molecule has 1 aliphatic heterocycles. The molecule has 20 heavy (non-hydrogen) atoms. The number of nitrogens with zero attached hydrogens (tertiary/aromatic N) is 3. The molecule has 1 aromatic rings. The summed E-state index contributed by atoms with van der Waals surface area (Å²) in [5.41, 5.74) is 0.902. The molecule has 1 heterocycles. The van der Waals surface area contributed by atoms with Gasteiger partial charge in [0.2, 0.25) is 0 Å². The zero-order valence-corrected chi connectivity index (χ0v) is 11.0. The van der Waals surface area contributed by atoms with Crippen LogP contribution >= 0.6 is 0 Å². The highest BCUT2D eigenvalue weighted by Gasteiger charge is 2.32. The molecule has 2 N–H and O–H groups in total. The molecule has 0 bridgehead atoms. The van der Waals surface area contributed by atoms with E-state index in [9.17, 15) is 9.18 Å². The van der Waals surface area contributed by atoms with Crippen molar-refractivity contribution in [1.29, 1.82) is 0 Å². The van der Waals surface area contributed by atoms with Crippen molar-refractivity contribution in [3.8, 4) is 0 Å². The van der Waals surface area contributed by atoms with Gasteiger partial charge in [0, 0.05) is 6.54 Å². The maximum absolute atomic E-state index is 13.5. The first-order valence-corrected chi connectivity index (χ1v) is 6.40. The predicted octanol–water partition coefficient (Wildman–Crippen LogP) is 2.06. The zero-order valence-electron chi connectivity index (χ0n) is 11.0. The number of hydrogen-bond acceptors (Lipinski definition) is 4. The third-order valence-corrected chi connectivity index (χ3v) is 3.18. The van der Waals surface area contributed by atoms with Crippen LogP contribution in [0.1, 0.15) is 12.0 Å². The molecule has 1 aliphatic rings. The molecule has 1 saturated heterocycles. The summed E-state index contributed by atoms with van der Waals surface area (Å²) in [5, 5.41) is 6.70. The van der Waals surface area contributed by atoms with E-state index in [-0.39, 0.29) is 19.6 Å². The smallest absolute Gasteiger partial charge is 0.410 e. The van der Waals surface area contributed by atoms with E-state index in [4.69, 9.17) is 10.6 Å². The maximum Gasteiger partial charge on any atom is 0.410 e. The number of hydrogen-bond donors (Lipinski definition) is 1. The topological polar surface area (TPSA) is 80.3 Å². The van der Waals surface area contributed by atoms with Crippen molar-refractivity contribution >= 4 is 6.09 Å². The van der Waals surface area contributed by atoms with Gasteiger partial charge in [0.25, 0.3) is 0 Å². The first kappa shape index (κ1) is 14.2. The van der Waals surface area contributed by atoms with E-state index in [0.29, 0.717) is 6.54 Å². The van der Waals surface area contributed by atoms with Crippen LogP contribution in [-0.4, -0.2) is 36.3 Å². The van der Waals surface area contributed by atoms with Gasteiger partial charge in [-0.25, -0.2) is 9.18 Å². The minimum atomic E-state index is -1.12. The summed E-state index contributed by atoms with van der Waals surface area (Å²) < 4.78 is 18.7. The fourth-order valence-corrected chi connectivity index (χ4v) is 2.07. The number of benzene rings is 1. The average Bonchev–Trinajstić information content (AvgIpc) is 2.48. The molecule has 0 aromatic heterocycles. The second-order valence-corrected chi connectivity index (χ2v) is 4.59. The van der Waals surface area contributed by atoms with Crippen molar-refractivity contribution < 1.29 is 13.9 Å². The number of amides is 1. The summed E-state index contributed by atoms with van der Waals surface area (Å²) in [6, 6.07) is 8.65. The monoisotopic (exact) mass is 280 g/mol. The van der Waals surface area contributed by atoms with Gasteiger partial charge in [-0.2, -0.15) is 5.11 Å². The Hall–Kier alpha value is -2.18. The highest BCUT2D eigenvalue weighted by molar-refractivity contribution is 5.67. The summed E-state index contributed by atoms with van der Waals surface area (Å²) in [6.45, 7) is 0.638. The summed E-state index contributed by atoms with van der Waals surface area (Å²) in [6.07, 6.45) is -1.39. The Balaban J connectivity index is 1.86. The fourth-order valence-electron chi connectivity index (χ4n) is 2.07. The number of ether oxygens (including phenoxy) is 1. The molecule has 0 radical (unpaired) electrons. The zero-order chi connectivity index (χ0) is 14.4. The van der Waals surface area contributed by atoms with Crippen LogP contribution in [0, 0.1) is 0 Å². The third-order valence-electron chi connectivity index (χ3n) is 3.18. The Labute approximate surface area is 116 Å². The first-order chi connectivity index (χ1) is 9.70. The van der Waals surface area contributed by atoms with Crippen LogP contribution in [0.5, 0.6) is 0 Å². The van der Waals surface area contributed by atoms with E-state index in [1.807, 2.05) is 30.3 Å². The normalized spacial score (nSPS) is 22.9. The molecule has 0 spiro atoms. The first-order valence-electron chi connectivity index (χ1n) is 6.40. The Morgan fingerprint density at radius 1 is 1.45 bits per heavy atom. The average molecular weight is 280 g/mol. The highest BCUT2D eigenvalue weighted by Crippen LogP contribution is 2.18. The molecule has 7 heteroatoms. The van der Waals surface area contributed by atoms with E-state index in [1.54, 1.807) is 0 Å². The number of piperidine rings is 1. The number of halogens is 1. The standard InChI is InChI=1S/C13H17FN4O2/c14-11-6-7-18(8-12(11)16-17-15)13(19)20-9-10-4-2-1-3-5-10/h1-5,11-12H,6-9H2,(H2,15,16)/t11-,12+/m1/s1. The maximum atomic E-state index is 13.5. The third kappa shape index (κ3) is 3.66. The van der Waals surface area contributed by atoms with Crippen molar-refractivity contribution in [2.24, 2.45) is 16.2 Å². The Morgan fingerprint density at radius 2 is 2.20 bits per heavy atom. The van der Waals surface area contributed by atoms with Gasteiger partial charge in [-0.3, -0.25) is 0 Å². The molecule has 0 unspecified atom stereocenters. The number of rotatable bonds is 3. The molecule has 6 nitrogen and oxygen atoms in total. The van der Waals surface area contributed by atoms with Gasteiger partial charge in [0.1, 0.15) is 18.8 Å². The molecule has 108 valence electrons. The van der Waals surface area contributed by atoms with Gasteiger partial charge in [0.05, 0.1) is 6.54 Å². The van der Waals surface area contributed by atoms with E-state index in [0.717, 1.165) is 5.56 Å². The molecule has 1 aromatic carbocycles. The van der Waals surface area contributed by atoms with Crippen molar-refractivity contribution in [2.75, 3.05) is 13.1 Å². The number of alkyl halides is 1. The van der Waals surface area contributed by atoms with Gasteiger partial charge in [0.15, 0.2) is 0 Å². The lowest BCUT2D eigenvalue weighted by atomic mass is 10.1. The van der Waals surface area contributed by atoms with Crippen LogP contribution in [0.25, 0.3) is 0 Å². The summed E-state index contributed by atoms with van der Waals surface area (Å²) in [7, 11) is 0. The molecule has 1 fully saturated rings. The van der Waals surface area contributed by atoms with E-state index >= 15 is 0 Å². The second-order valence-electron chi connectivity index (χ2n) is 4.59. The minimum absolute atomic E-state index is 0.134. The van der Waals surface area contributed by atoms with Crippen LogP contribution in [0.3, 0.4) is 0 Å². The Morgan fingerprint density at radius 3 is 2.90 bits per heavy atom. The van der Waals surface area contributed by atoms with Gasteiger partial charge in [-0.05, 0) is 12.0 Å². The molecular formula is C13H17FN4O2. The lowest BCUT2D eigenvalue weighted by molar-refractivity contribution is 0.0695. The van der Waals surface area contributed by atoms with Gasteiger partial charge in [-0.15, -0.1) is 0 Å². The van der Waals surface area contributed by atoms with Crippen LogP contribution < -0.4 is 5.84 Å². The predicted molar refractivity (Wildman–Crippen MR) is 70.5 cm³/mol. The van der Waals surface area contributed by atoms with E-state index < -0.39 is 18.3 Å². The van der Waals surface area contributed by atoms with Crippen LogP contribution in [-0.2, 0) is 11.3 Å².